The molecule has 0 spiro atoms. The summed E-state index contributed by atoms with van der Waals surface area (Å²) < 4.78 is 34.3. The lowest BCUT2D eigenvalue weighted by molar-refractivity contribution is -0.286. The maximum absolute atomic E-state index is 12.9. The summed E-state index contributed by atoms with van der Waals surface area (Å²) in [5, 5.41) is 2.47. The van der Waals surface area contributed by atoms with E-state index >= 15 is 0 Å². The van der Waals surface area contributed by atoms with Crippen molar-refractivity contribution >= 4 is 17.4 Å². The van der Waals surface area contributed by atoms with E-state index in [1.165, 1.54) is 30.6 Å². The van der Waals surface area contributed by atoms with Crippen molar-refractivity contribution in [2.45, 2.75) is 6.29 Å². The van der Waals surface area contributed by atoms with Crippen molar-refractivity contribution in [2.75, 3.05) is 11.1 Å². The normalized spacial score (nSPS) is 14.8. The van der Waals surface area contributed by atoms with E-state index in [2.05, 4.69) is 24.8 Å². The van der Waals surface area contributed by atoms with E-state index in [-0.39, 0.29) is 28.7 Å². The van der Waals surface area contributed by atoms with Crippen LogP contribution in [0.1, 0.15) is 10.5 Å². The van der Waals surface area contributed by atoms with Crippen molar-refractivity contribution in [3.63, 3.8) is 0 Å². The van der Waals surface area contributed by atoms with Crippen LogP contribution in [0, 0.1) is 0 Å². The predicted molar refractivity (Wildman–Crippen MR) is 67.0 cm³/mol. The smallest absolute Gasteiger partial charge is 0.395 e. The summed E-state index contributed by atoms with van der Waals surface area (Å²) in [4.78, 5) is 19.4. The zero-order valence-corrected chi connectivity index (χ0v) is 10.3. The molecule has 0 fully saturated rings. The zero-order chi connectivity index (χ0) is 15.0. The molecular formula is C12H8F2N4O3. The molecule has 0 bridgehead atoms. The van der Waals surface area contributed by atoms with Crippen LogP contribution in [0.3, 0.4) is 0 Å². The van der Waals surface area contributed by atoms with E-state index < -0.39 is 12.2 Å². The number of amides is 1. The van der Waals surface area contributed by atoms with Gasteiger partial charge in [-0.2, -0.15) is 0 Å². The first-order valence-corrected chi connectivity index (χ1v) is 5.72. The van der Waals surface area contributed by atoms with E-state index in [4.69, 9.17) is 5.73 Å². The van der Waals surface area contributed by atoms with Crippen molar-refractivity contribution < 1.29 is 23.0 Å². The Bertz CT molecular complexity index is 723. The quantitative estimate of drug-likeness (QED) is 0.873. The van der Waals surface area contributed by atoms with Crippen LogP contribution in [-0.2, 0) is 0 Å². The third kappa shape index (κ3) is 2.66. The van der Waals surface area contributed by atoms with Crippen LogP contribution in [0.15, 0.2) is 30.6 Å². The number of anilines is 2. The van der Waals surface area contributed by atoms with Gasteiger partial charge in [0.25, 0.3) is 5.91 Å². The highest BCUT2D eigenvalue weighted by molar-refractivity contribution is 6.03. The number of ether oxygens (including phenoxy) is 2. The highest BCUT2D eigenvalue weighted by Gasteiger charge is 2.43. The topological polar surface area (TPSA) is 99.4 Å². The third-order valence-electron chi connectivity index (χ3n) is 2.54. The second kappa shape index (κ2) is 4.54. The SMILES string of the molecule is Nc1cncc(C(=O)Nc2ccc3c(c2)OC(F)(F)O3)n1. The van der Waals surface area contributed by atoms with Gasteiger partial charge in [-0.25, -0.2) is 4.98 Å². The standard InChI is InChI=1S/C12H8F2N4O3/c13-12(14)20-8-2-1-6(3-9(8)21-12)17-11(19)7-4-16-5-10(15)18-7/h1-5H,(H2,15,18)(H,17,19). The highest BCUT2D eigenvalue weighted by atomic mass is 19.3. The van der Waals surface area contributed by atoms with Gasteiger partial charge in [-0.05, 0) is 12.1 Å². The Morgan fingerprint density at radius 2 is 2.00 bits per heavy atom. The number of nitrogens with two attached hydrogens (primary N) is 1. The van der Waals surface area contributed by atoms with Crippen LogP contribution in [0.25, 0.3) is 0 Å². The molecule has 1 aromatic heterocycles. The second-order valence-electron chi connectivity index (χ2n) is 4.11. The molecule has 0 saturated carbocycles. The molecule has 2 aromatic rings. The number of hydrogen-bond donors (Lipinski definition) is 2. The Labute approximate surface area is 116 Å². The fourth-order valence-electron chi connectivity index (χ4n) is 1.71. The lowest BCUT2D eigenvalue weighted by Gasteiger charge is -2.05. The van der Waals surface area contributed by atoms with Gasteiger partial charge in [-0.3, -0.25) is 9.78 Å². The summed E-state index contributed by atoms with van der Waals surface area (Å²) in [6, 6.07) is 3.87. The van der Waals surface area contributed by atoms with Gasteiger partial charge in [-0.15, -0.1) is 8.78 Å². The van der Waals surface area contributed by atoms with Crippen LogP contribution in [0.5, 0.6) is 11.5 Å². The van der Waals surface area contributed by atoms with Crippen molar-refractivity contribution in [2.24, 2.45) is 0 Å². The summed E-state index contributed by atoms with van der Waals surface area (Å²) in [5.74, 6) is -0.772. The third-order valence-corrected chi connectivity index (χ3v) is 2.54. The predicted octanol–water partition coefficient (Wildman–Crippen LogP) is 1.63. The summed E-state index contributed by atoms with van der Waals surface area (Å²) in [6.07, 6.45) is -1.18. The minimum Gasteiger partial charge on any atom is -0.395 e. The summed E-state index contributed by atoms with van der Waals surface area (Å²) in [7, 11) is 0. The molecule has 0 unspecified atom stereocenters. The lowest BCUT2D eigenvalue weighted by Crippen LogP contribution is -2.25. The maximum atomic E-state index is 12.9. The van der Waals surface area contributed by atoms with E-state index in [0.717, 1.165) is 0 Å². The number of alkyl halides is 2. The number of nitrogens with one attached hydrogen (secondary N) is 1. The molecule has 3 rings (SSSR count). The average molecular weight is 294 g/mol. The van der Waals surface area contributed by atoms with Crippen molar-refractivity contribution in [3.05, 3.63) is 36.3 Å². The van der Waals surface area contributed by atoms with E-state index in [9.17, 15) is 13.6 Å². The lowest BCUT2D eigenvalue weighted by atomic mass is 10.2. The number of hydrogen-bond acceptors (Lipinski definition) is 6. The number of fused-ring (bicyclic) bond motifs is 1. The number of nitrogen functional groups attached to an aromatic ring is 1. The monoisotopic (exact) mass is 294 g/mol. The van der Waals surface area contributed by atoms with Gasteiger partial charge in [0.2, 0.25) is 0 Å². The molecule has 1 aliphatic rings. The van der Waals surface area contributed by atoms with Gasteiger partial charge in [0.05, 0.1) is 12.4 Å². The fraction of sp³-hybridized carbons (Fsp3) is 0.0833. The molecule has 2 heterocycles. The Hall–Kier alpha value is -2.97. The van der Waals surface area contributed by atoms with Crippen LogP contribution in [-0.4, -0.2) is 22.2 Å². The molecule has 1 aromatic carbocycles. The van der Waals surface area contributed by atoms with Crippen molar-refractivity contribution in [1.29, 1.82) is 0 Å². The Kier molecular flexibility index (Phi) is 2.82. The zero-order valence-electron chi connectivity index (χ0n) is 10.3. The first-order valence-electron chi connectivity index (χ1n) is 5.72. The van der Waals surface area contributed by atoms with Crippen molar-refractivity contribution in [1.82, 2.24) is 9.97 Å². The molecule has 1 amide bonds. The maximum Gasteiger partial charge on any atom is 0.586 e. The fourth-order valence-corrected chi connectivity index (χ4v) is 1.71. The molecular weight excluding hydrogens is 286 g/mol. The summed E-state index contributed by atoms with van der Waals surface area (Å²) >= 11 is 0. The van der Waals surface area contributed by atoms with E-state index in [1.807, 2.05) is 0 Å². The van der Waals surface area contributed by atoms with Crippen LogP contribution in [0.2, 0.25) is 0 Å². The van der Waals surface area contributed by atoms with Gasteiger partial charge < -0.3 is 20.5 Å². The molecule has 0 atom stereocenters. The summed E-state index contributed by atoms with van der Waals surface area (Å²) in [5.41, 5.74) is 5.66. The first kappa shape index (κ1) is 13.0. The number of rotatable bonds is 2. The van der Waals surface area contributed by atoms with E-state index in [0.29, 0.717) is 0 Å². The van der Waals surface area contributed by atoms with Gasteiger partial charge >= 0.3 is 6.29 Å². The van der Waals surface area contributed by atoms with Gasteiger partial charge in [0.1, 0.15) is 11.5 Å². The molecule has 1 aliphatic heterocycles. The average Bonchev–Trinajstić information content (AvgIpc) is 2.72. The molecule has 0 radical (unpaired) electrons. The Morgan fingerprint density at radius 3 is 2.76 bits per heavy atom. The second-order valence-corrected chi connectivity index (χ2v) is 4.11. The molecule has 3 N–H and O–H groups in total. The van der Waals surface area contributed by atoms with Gasteiger partial charge in [-0.1, -0.05) is 0 Å². The minimum absolute atomic E-state index is 0.00185. The van der Waals surface area contributed by atoms with Crippen LogP contribution in [0.4, 0.5) is 20.3 Å². The number of carbonyl (C=O) groups excluding carboxylic acids is 1. The van der Waals surface area contributed by atoms with Gasteiger partial charge in [0.15, 0.2) is 11.5 Å². The number of halogens is 2. The molecule has 0 saturated heterocycles. The molecule has 7 nitrogen and oxygen atoms in total. The van der Waals surface area contributed by atoms with Crippen LogP contribution < -0.4 is 20.5 Å². The number of aromatic nitrogens is 2. The number of carbonyl (C=O) groups is 1. The number of benzene rings is 1. The molecule has 21 heavy (non-hydrogen) atoms. The van der Waals surface area contributed by atoms with E-state index in [1.54, 1.807) is 0 Å². The van der Waals surface area contributed by atoms with Crippen LogP contribution >= 0.6 is 0 Å². The molecule has 0 aliphatic carbocycles. The number of nitrogens with zero attached hydrogens (tertiary/aromatic N) is 2. The minimum atomic E-state index is -3.70. The highest BCUT2D eigenvalue weighted by Crippen LogP contribution is 2.42. The molecule has 108 valence electrons. The Morgan fingerprint density at radius 1 is 1.24 bits per heavy atom. The largest absolute Gasteiger partial charge is 0.586 e. The Balaban J connectivity index is 1.79. The van der Waals surface area contributed by atoms with Gasteiger partial charge in [0, 0.05) is 11.8 Å². The summed E-state index contributed by atoms with van der Waals surface area (Å²) in [6.45, 7) is 0. The van der Waals surface area contributed by atoms with Crippen molar-refractivity contribution in [3.8, 4) is 11.5 Å². The first-order chi connectivity index (χ1) is 9.93. The molecule has 9 heteroatoms.